The molecule has 1 aromatic rings. The summed E-state index contributed by atoms with van der Waals surface area (Å²) < 4.78 is 5.19. The molecule has 0 saturated carbocycles. The van der Waals surface area contributed by atoms with Crippen LogP contribution in [0, 0.1) is 0 Å². The Hall–Kier alpha value is -1.32. The van der Waals surface area contributed by atoms with E-state index in [4.69, 9.17) is 16.3 Å². The molecule has 1 fully saturated rings. The zero-order chi connectivity index (χ0) is 12.1. The summed E-state index contributed by atoms with van der Waals surface area (Å²) in [6.45, 7) is 2.55. The van der Waals surface area contributed by atoms with E-state index in [0.29, 0.717) is 31.3 Å². The van der Waals surface area contributed by atoms with Gasteiger partial charge in [-0.3, -0.25) is 4.79 Å². The molecule has 0 unspecified atom stereocenters. The molecule has 4 heteroatoms. The van der Waals surface area contributed by atoms with Crippen LogP contribution in [0.15, 0.2) is 30.3 Å². The van der Waals surface area contributed by atoms with Gasteiger partial charge in [0.1, 0.15) is 0 Å². The Kier molecular flexibility index (Phi) is 4.18. The molecule has 0 N–H and O–H groups in total. The Morgan fingerprint density at radius 3 is 2.71 bits per heavy atom. The minimum absolute atomic E-state index is 0.00761. The van der Waals surface area contributed by atoms with E-state index in [9.17, 15) is 4.79 Å². The molecule has 0 atom stereocenters. The van der Waals surface area contributed by atoms with Gasteiger partial charge in [0.25, 0.3) is 0 Å². The van der Waals surface area contributed by atoms with Crippen LogP contribution in [-0.4, -0.2) is 37.1 Å². The molecule has 0 aliphatic carbocycles. The van der Waals surface area contributed by atoms with Crippen molar-refractivity contribution in [3.05, 3.63) is 40.9 Å². The van der Waals surface area contributed by atoms with Crippen molar-refractivity contribution < 1.29 is 9.53 Å². The number of amides is 1. The van der Waals surface area contributed by atoms with Gasteiger partial charge < -0.3 is 9.64 Å². The second kappa shape index (κ2) is 5.84. The minimum Gasteiger partial charge on any atom is -0.378 e. The van der Waals surface area contributed by atoms with Gasteiger partial charge in [-0.25, -0.2) is 0 Å². The molecule has 0 spiro atoms. The second-order valence-corrected chi connectivity index (χ2v) is 4.20. The van der Waals surface area contributed by atoms with Crippen molar-refractivity contribution in [2.24, 2.45) is 0 Å². The highest BCUT2D eigenvalue weighted by molar-refractivity contribution is 6.32. The summed E-state index contributed by atoms with van der Waals surface area (Å²) in [5, 5.41) is 0.651. The van der Waals surface area contributed by atoms with Gasteiger partial charge in [0.05, 0.1) is 13.2 Å². The van der Waals surface area contributed by atoms with E-state index in [1.807, 2.05) is 18.2 Å². The van der Waals surface area contributed by atoms with Gasteiger partial charge in [0.15, 0.2) is 0 Å². The third-order valence-electron chi connectivity index (χ3n) is 2.63. The van der Waals surface area contributed by atoms with Crippen molar-refractivity contribution in [3.63, 3.8) is 0 Å². The molecule has 3 nitrogen and oxygen atoms in total. The molecule has 1 saturated heterocycles. The molecule has 2 rings (SSSR count). The maximum Gasteiger partial charge on any atom is 0.246 e. The van der Waals surface area contributed by atoms with Gasteiger partial charge in [0.2, 0.25) is 5.91 Å². The smallest absolute Gasteiger partial charge is 0.246 e. The van der Waals surface area contributed by atoms with Crippen LogP contribution in [0.1, 0.15) is 5.56 Å². The maximum absolute atomic E-state index is 11.8. The second-order valence-electron chi connectivity index (χ2n) is 3.79. The van der Waals surface area contributed by atoms with Crippen LogP contribution in [0.3, 0.4) is 0 Å². The Balaban J connectivity index is 2.00. The third kappa shape index (κ3) is 3.32. The summed E-state index contributed by atoms with van der Waals surface area (Å²) in [6, 6.07) is 7.44. The molecule has 0 bridgehead atoms. The summed E-state index contributed by atoms with van der Waals surface area (Å²) in [5.74, 6) is 0.00761. The lowest BCUT2D eigenvalue weighted by atomic mass is 10.2. The van der Waals surface area contributed by atoms with E-state index in [1.54, 1.807) is 23.1 Å². The standard InChI is InChI=1S/C13H14ClNO2/c14-12-4-2-1-3-11(12)5-6-13(16)15-7-9-17-10-8-15/h1-6H,7-10H2. The topological polar surface area (TPSA) is 29.5 Å². The van der Waals surface area contributed by atoms with Crippen molar-refractivity contribution in [2.75, 3.05) is 26.3 Å². The molecule has 1 aliphatic rings. The average molecular weight is 252 g/mol. The quantitative estimate of drug-likeness (QED) is 0.755. The molecule has 0 radical (unpaired) electrons. The van der Waals surface area contributed by atoms with Crippen LogP contribution >= 0.6 is 11.6 Å². The minimum atomic E-state index is 0.00761. The van der Waals surface area contributed by atoms with Gasteiger partial charge in [-0.2, -0.15) is 0 Å². The number of rotatable bonds is 2. The summed E-state index contributed by atoms with van der Waals surface area (Å²) >= 11 is 6.00. The number of carbonyl (C=O) groups is 1. The lowest BCUT2D eigenvalue weighted by molar-refractivity contribution is -0.129. The molecule has 1 aromatic carbocycles. The predicted molar refractivity (Wildman–Crippen MR) is 67.9 cm³/mol. The van der Waals surface area contributed by atoms with Gasteiger partial charge in [-0.05, 0) is 17.7 Å². The van der Waals surface area contributed by atoms with E-state index >= 15 is 0 Å². The van der Waals surface area contributed by atoms with Gasteiger partial charge in [-0.15, -0.1) is 0 Å². The monoisotopic (exact) mass is 251 g/mol. The lowest BCUT2D eigenvalue weighted by Gasteiger charge is -2.25. The fourth-order valence-corrected chi connectivity index (χ4v) is 1.86. The SMILES string of the molecule is O=C(C=Cc1ccccc1Cl)N1CCOCC1. The third-order valence-corrected chi connectivity index (χ3v) is 2.98. The van der Waals surface area contributed by atoms with Crippen LogP contribution < -0.4 is 0 Å². The van der Waals surface area contributed by atoms with E-state index < -0.39 is 0 Å². The van der Waals surface area contributed by atoms with Gasteiger partial charge in [0, 0.05) is 24.2 Å². The van der Waals surface area contributed by atoms with Crippen molar-refractivity contribution in [2.45, 2.75) is 0 Å². The van der Waals surface area contributed by atoms with E-state index in [0.717, 1.165) is 5.56 Å². The average Bonchev–Trinajstić information content (AvgIpc) is 2.38. The van der Waals surface area contributed by atoms with Crippen molar-refractivity contribution in [1.82, 2.24) is 4.90 Å². The number of nitrogens with zero attached hydrogens (tertiary/aromatic N) is 1. The van der Waals surface area contributed by atoms with Crippen LogP contribution in [0.2, 0.25) is 5.02 Å². The fourth-order valence-electron chi connectivity index (χ4n) is 1.66. The Morgan fingerprint density at radius 1 is 1.29 bits per heavy atom. The zero-order valence-corrected chi connectivity index (χ0v) is 10.2. The first-order chi connectivity index (χ1) is 8.27. The number of hydrogen-bond acceptors (Lipinski definition) is 2. The molecule has 1 heterocycles. The van der Waals surface area contributed by atoms with Crippen LogP contribution in [0.5, 0.6) is 0 Å². The van der Waals surface area contributed by atoms with E-state index in [2.05, 4.69) is 0 Å². The zero-order valence-electron chi connectivity index (χ0n) is 9.43. The normalized spacial score (nSPS) is 16.4. The molecular weight excluding hydrogens is 238 g/mol. The number of halogens is 1. The molecule has 1 amide bonds. The van der Waals surface area contributed by atoms with Gasteiger partial charge >= 0.3 is 0 Å². The number of benzene rings is 1. The summed E-state index contributed by atoms with van der Waals surface area (Å²) in [5.41, 5.74) is 0.857. The molecule has 1 aliphatic heterocycles. The molecule has 0 aromatic heterocycles. The maximum atomic E-state index is 11.8. The Labute approximate surface area is 106 Å². The molecule has 90 valence electrons. The first-order valence-corrected chi connectivity index (χ1v) is 5.94. The molecule has 17 heavy (non-hydrogen) atoms. The highest BCUT2D eigenvalue weighted by atomic mass is 35.5. The van der Waals surface area contributed by atoms with E-state index in [-0.39, 0.29) is 5.91 Å². The van der Waals surface area contributed by atoms with Crippen molar-refractivity contribution in [1.29, 1.82) is 0 Å². The van der Waals surface area contributed by atoms with Crippen molar-refractivity contribution in [3.8, 4) is 0 Å². The number of carbonyl (C=O) groups excluding carboxylic acids is 1. The van der Waals surface area contributed by atoms with Crippen LogP contribution in [0.4, 0.5) is 0 Å². The van der Waals surface area contributed by atoms with E-state index in [1.165, 1.54) is 0 Å². The Morgan fingerprint density at radius 2 is 2.00 bits per heavy atom. The number of ether oxygens (including phenoxy) is 1. The number of morpholine rings is 1. The number of hydrogen-bond donors (Lipinski definition) is 0. The largest absolute Gasteiger partial charge is 0.378 e. The summed E-state index contributed by atoms with van der Waals surface area (Å²) in [4.78, 5) is 13.6. The Bertz CT molecular complexity index is 425. The predicted octanol–water partition coefficient (Wildman–Crippen LogP) is 2.21. The van der Waals surface area contributed by atoms with Crippen LogP contribution in [-0.2, 0) is 9.53 Å². The first-order valence-electron chi connectivity index (χ1n) is 5.56. The fraction of sp³-hybridized carbons (Fsp3) is 0.308. The highest BCUT2D eigenvalue weighted by Crippen LogP contribution is 2.16. The highest BCUT2D eigenvalue weighted by Gasteiger charge is 2.13. The van der Waals surface area contributed by atoms with Crippen molar-refractivity contribution >= 4 is 23.6 Å². The van der Waals surface area contributed by atoms with Gasteiger partial charge in [-0.1, -0.05) is 29.8 Å². The summed E-state index contributed by atoms with van der Waals surface area (Å²) in [7, 11) is 0. The first kappa shape index (κ1) is 12.1. The lowest BCUT2D eigenvalue weighted by Crippen LogP contribution is -2.39. The summed E-state index contributed by atoms with van der Waals surface area (Å²) in [6.07, 6.45) is 3.31. The molecular formula is C13H14ClNO2. The van der Waals surface area contributed by atoms with Crippen LogP contribution in [0.25, 0.3) is 6.08 Å².